The summed E-state index contributed by atoms with van der Waals surface area (Å²) in [6.07, 6.45) is 1.57. The first-order valence-electron chi connectivity index (χ1n) is 12.7. The molecule has 6 heteroatoms. The van der Waals surface area contributed by atoms with Gasteiger partial charge in [-0.1, -0.05) is 45.0 Å². The molecule has 0 atom stereocenters. The molecule has 1 aliphatic rings. The SMILES string of the molecule is CC(C)OC(=O)c1cccnc1N1CCN(Cc2cccc(Oc3ccc(C(C)(C)C)cc3)c2)CC1. The van der Waals surface area contributed by atoms with Crippen molar-refractivity contribution in [3.8, 4) is 11.5 Å². The molecule has 0 radical (unpaired) electrons. The number of ether oxygens (including phenoxy) is 2. The van der Waals surface area contributed by atoms with Crippen molar-refractivity contribution in [3.05, 3.63) is 83.6 Å². The summed E-state index contributed by atoms with van der Waals surface area (Å²) >= 11 is 0. The molecule has 2 heterocycles. The van der Waals surface area contributed by atoms with Crippen LogP contribution >= 0.6 is 0 Å². The molecule has 0 saturated carbocycles. The fourth-order valence-corrected chi connectivity index (χ4v) is 4.33. The predicted octanol–water partition coefficient (Wildman–Crippen LogP) is 6.06. The van der Waals surface area contributed by atoms with Crippen molar-refractivity contribution in [3.63, 3.8) is 0 Å². The summed E-state index contributed by atoms with van der Waals surface area (Å²) in [5.41, 5.74) is 3.15. The molecule has 6 nitrogen and oxygen atoms in total. The molecular formula is C30H37N3O3. The van der Waals surface area contributed by atoms with Gasteiger partial charge in [0.2, 0.25) is 0 Å². The van der Waals surface area contributed by atoms with Crippen molar-refractivity contribution in [2.45, 2.75) is 52.7 Å². The van der Waals surface area contributed by atoms with Gasteiger partial charge in [-0.05, 0) is 66.8 Å². The van der Waals surface area contributed by atoms with E-state index in [9.17, 15) is 4.79 Å². The predicted molar refractivity (Wildman–Crippen MR) is 144 cm³/mol. The van der Waals surface area contributed by atoms with Crippen molar-refractivity contribution in [2.75, 3.05) is 31.1 Å². The van der Waals surface area contributed by atoms with Crippen LogP contribution in [0.1, 0.15) is 56.1 Å². The number of piperazine rings is 1. The number of carbonyl (C=O) groups excluding carboxylic acids is 1. The summed E-state index contributed by atoms with van der Waals surface area (Å²) in [6.45, 7) is 14.6. The Morgan fingerprint density at radius 2 is 1.67 bits per heavy atom. The lowest BCUT2D eigenvalue weighted by molar-refractivity contribution is 0.0378. The highest BCUT2D eigenvalue weighted by atomic mass is 16.5. The molecule has 0 N–H and O–H groups in total. The minimum Gasteiger partial charge on any atom is -0.459 e. The van der Waals surface area contributed by atoms with Crippen molar-refractivity contribution in [1.82, 2.24) is 9.88 Å². The summed E-state index contributed by atoms with van der Waals surface area (Å²) < 4.78 is 11.5. The van der Waals surface area contributed by atoms with Gasteiger partial charge in [0.15, 0.2) is 0 Å². The molecule has 4 rings (SSSR count). The zero-order valence-corrected chi connectivity index (χ0v) is 22.0. The normalized spacial score (nSPS) is 14.7. The Hall–Kier alpha value is -3.38. The maximum atomic E-state index is 12.5. The molecule has 36 heavy (non-hydrogen) atoms. The van der Waals surface area contributed by atoms with Crippen molar-refractivity contribution in [1.29, 1.82) is 0 Å². The van der Waals surface area contributed by atoms with Gasteiger partial charge in [0.05, 0.1) is 6.10 Å². The third kappa shape index (κ3) is 6.64. The Morgan fingerprint density at radius 1 is 0.944 bits per heavy atom. The minimum absolute atomic E-state index is 0.123. The number of rotatable bonds is 7. The second-order valence-electron chi connectivity index (χ2n) is 10.6. The number of pyridine rings is 1. The van der Waals surface area contributed by atoms with Crippen LogP contribution < -0.4 is 9.64 Å². The van der Waals surface area contributed by atoms with Crippen molar-refractivity contribution in [2.24, 2.45) is 0 Å². The number of carbonyl (C=O) groups is 1. The lowest BCUT2D eigenvalue weighted by Gasteiger charge is -2.36. The maximum Gasteiger partial charge on any atom is 0.342 e. The molecule has 1 aromatic heterocycles. The lowest BCUT2D eigenvalue weighted by atomic mass is 9.87. The van der Waals surface area contributed by atoms with Crippen LogP contribution in [0.25, 0.3) is 0 Å². The van der Waals surface area contributed by atoms with Crippen LogP contribution in [0.5, 0.6) is 11.5 Å². The third-order valence-electron chi connectivity index (χ3n) is 6.28. The van der Waals surface area contributed by atoms with Crippen LogP contribution in [0.4, 0.5) is 5.82 Å². The van der Waals surface area contributed by atoms with E-state index in [0.29, 0.717) is 11.4 Å². The van der Waals surface area contributed by atoms with Gasteiger partial charge in [0, 0.05) is 38.9 Å². The maximum absolute atomic E-state index is 12.5. The van der Waals surface area contributed by atoms with Crippen LogP contribution in [0.3, 0.4) is 0 Å². The summed E-state index contributed by atoms with van der Waals surface area (Å²) in [5.74, 6) is 2.07. The number of esters is 1. The summed E-state index contributed by atoms with van der Waals surface area (Å²) in [7, 11) is 0. The number of hydrogen-bond donors (Lipinski definition) is 0. The van der Waals surface area contributed by atoms with Crippen molar-refractivity contribution < 1.29 is 14.3 Å². The highest BCUT2D eigenvalue weighted by Gasteiger charge is 2.24. The Bertz CT molecular complexity index is 1160. The topological polar surface area (TPSA) is 54.9 Å². The van der Waals surface area contributed by atoms with E-state index in [1.807, 2.05) is 38.1 Å². The van der Waals surface area contributed by atoms with E-state index >= 15 is 0 Å². The van der Waals surface area contributed by atoms with E-state index in [0.717, 1.165) is 44.2 Å². The molecule has 1 fully saturated rings. The lowest BCUT2D eigenvalue weighted by Crippen LogP contribution is -2.46. The molecule has 190 valence electrons. The Morgan fingerprint density at radius 3 is 2.33 bits per heavy atom. The second kappa shape index (κ2) is 11.1. The van der Waals surface area contributed by atoms with Gasteiger partial charge in [-0.15, -0.1) is 0 Å². The zero-order valence-electron chi connectivity index (χ0n) is 22.0. The molecule has 0 spiro atoms. The fraction of sp³-hybridized carbons (Fsp3) is 0.400. The monoisotopic (exact) mass is 487 g/mol. The number of aromatic nitrogens is 1. The van der Waals surface area contributed by atoms with Crippen LogP contribution in [0.2, 0.25) is 0 Å². The van der Waals surface area contributed by atoms with E-state index in [2.05, 4.69) is 59.8 Å². The summed E-state index contributed by atoms with van der Waals surface area (Å²) in [6, 6.07) is 20.2. The molecule has 1 aliphatic heterocycles. The highest BCUT2D eigenvalue weighted by Crippen LogP contribution is 2.28. The van der Waals surface area contributed by atoms with Crippen LogP contribution in [-0.4, -0.2) is 48.1 Å². The summed E-state index contributed by atoms with van der Waals surface area (Å²) in [4.78, 5) is 21.6. The molecular weight excluding hydrogens is 450 g/mol. The van der Waals surface area contributed by atoms with Gasteiger partial charge in [0.25, 0.3) is 0 Å². The fourth-order valence-electron chi connectivity index (χ4n) is 4.33. The highest BCUT2D eigenvalue weighted by molar-refractivity contribution is 5.94. The van der Waals surface area contributed by atoms with E-state index < -0.39 is 0 Å². The Balaban J connectivity index is 1.35. The number of benzene rings is 2. The van der Waals surface area contributed by atoms with E-state index in [-0.39, 0.29) is 17.5 Å². The molecule has 0 amide bonds. The first kappa shape index (κ1) is 25.7. The van der Waals surface area contributed by atoms with Crippen LogP contribution in [0, 0.1) is 0 Å². The average Bonchev–Trinajstić information content (AvgIpc) is 2.84. The van der Waals surface area contributed by atoms with Gasteiger partial charge in [0.1, 0.15) is 22.9 Å². The number of nitrogens with zero attached hydrogens (tertiary/aromatic N) is 3. The Labute approximate surface area is 214 Å². The molecule has 2 aromatic carbocycles. The van der Waals surface area contributed by atoms with Crippen LogP contribution in [-0.2, 0) is 16.7 Å². The average molecular weight is 488 g/mol. The molecule has 0 bridgehead atoms. The van der Waals surface area contributed by atoms with Gasteiger partial charge in [-0.3, -0.25) is 4.90 Å². The number of anilines is 1. The Kier molecular flexibility index (Phi) is 7.94. The zero-order chi connectivity index (χ0) is 25.7. The molecule has 0 unspecified atom stereocenters. The van der Waals surface area contributed by atoms with Gasteiger partial charge in [-0.2, -0.15) is 0 Å². The van der Waals surface area contributed by atoms with E-state index in [1.165, 1.54) is 11.1 Å². The smallest absolute Gasteiger partial charge is 0.342 e. The largest absolute Gasteiger partial charge is 0.459 e. The van der Waals surface area contributed by atoms with Crippen LogP contribution in [0.15, 0.2) is 66.9 Å². The van der Waals surface area contributed by atoms with Gasteiger partial charge >= 0.3 is 5.97 Å². The van der Waals surface area contributed by atoms with Crippen molar-refractivity contribution >= 4 is 11.8 Å². The number of hydrogen-bond acceptors (Lipinski definition) is 6. The standard InChI is InChI=1S/C30H37N3O3/c1-22(2)35-29(34)27-10-7-15-31-28(27)33-18-16-32(17-19-33)21-23-8-6-9-26(20-23)36-25-13-11-24(12-14-25)30(3,4)5/h6-15,20,22H,16-19,21H2,1-5H3. The first-order valence-corrected chi connectivity index (χ1v) is 12.7. The van der Waals surface area contributed by atoms with Gasteiger partial charge in [-0.25, -0.2) is 9.78 Å². The third-order valence-corrected chi connectivity index (χ3v) is 6.28. The quantitative estimate of drug-likeness (QED) is 0.378. The minimum atomic E-state index is -0.319. The molecule has 0 aliphatic carbocycles. The van der Waals surface area contributed by atoms with Gasteiger partial charge < -0.3 is 14.4 Å². The molecule has 1 saturated heterocycles. The second-order valence-corrected chi connectivity index (χ2v) is 10.6. The molecule has 3 aromatic rings. The summed E-state index contributed by atoms with van der Waals surface area (Å²) in [5, 5.41) is 0. The van der Waals surface area contributed by atoms with E-state index in [1.54, 1.807) is 18.3 Å². The van der Waals surface area contributed by atoms with E-state index in [4.69, 9.17) is 9.47 Å². The first-order chi connectivity index (χ1) is 17.2.